The minimum atomic E-state index is -0.419. The van der Waals surface area contributed by atoms with Crippen LogP contribution in [0.25, 0.3) is 17.0 Å². The molecule has 0 bridgehead atoms. The molecule has 156 valence electrons. The largest absolute Gasteiger partial charge is 0.353 e. The number of imide groups is 1. The normalized spacial score (nSPS) is 15.1. The van der Waals surface area contributed by atoms with Gasteiger partial charge >= 0.3 is 0 Å². The highest BCUT2D eigenvalue weighted by atomic mass is 32.2. The van der Waals surface area contributed by atoms with Gasteiger partial charge in [-0.3, -0.25) is 33.6 Å². The van der Waals surface area contributed by atoms with E-state index in [0.29, 0.717) is 15.8 Å². The second-order valence-corrected chi connectivity index (χ2v) is 7.66. The molecule has 1 aliphatic heterocycles. The van der Waals surface area contributed by atoms with Crippen LogP contribution in [0.4, 0.5) is 4.79 Å². The van der Waals surface area contributed by atoms with Gasteiger partial charge in [0.25, 0.3) is 16.7 Å². The third kappa shape index (κ3) is 4.53. The van der Waals surface area contributed by atoms with Crippen molar-refractivity contribution in [3.8, 4) is 0 Å². The maximum atomic E-state index is 12.5. The molecule has 3 amide bonds. The van der Waals surface area contributed by atoms with Crippen LogP contribution in [-0.2, 0) is 16.1 Å². The summed E-state index contributed by atoms with van der Waals surface area (Å²) < 4.78 is 1.22. The number of fused-ring (bicyclic) bond motifs is 1. The van der Waals surface area contributed by atoms with Crippen molar-refractivity contribution in [2.24, 2.45) is 0 Å². The first kappa shape index (κ1) is 20.5. The van der Waals surface area contributed by atoms with Crippen molar-refractivity contribution in [2.45, 2.75) is 6.54 Å². The number of para-hydroxylation sites is 1. The van der Waals surface area contributed by atoms with Crippen molar-refractivity contribution >= 4 is 45.8 Å². The first-order valence-corrected chi connectivity index (χ1v) is 10.2. The van der Waals surface area contributed by atoms with E-state index in [1.807, 2.05) is 0 Å². The van der Waals surface area contributed by atoms with Crippen LogP contribution in [-0.4, -0.2) is 49.6 Å². The van der Waals surface area contributed by atoms with Gasteiger partial charge in [0.1, 0.15) is 6.54 Å². The Kier molecular flexibility index (Phi) is 5.89. The average molecular weight is 435 g/mol. The number of benzene rings is 1. The van der Waals surface area contributed by atoms with Crippen LogP contribution >= 0.6 is 11.8 Å². The molecular formula is C21H17N5O4S. The quantitative estimate of drug-likeness (QED) is 0.586. The molecule has 0 saturated carbocycles. The van der Waals surface area contributed by atoms with Crippen molar-refractivity contribution in [3.05, 3.63) is 75.9 Å². The minimum absolute atomic E-state index is 0.0334. The van der Waals surface area contributed by atoms with Gasteiger partial charge < -0.3 is 5.32 Å². The fourth-order valence-corrected chi connectivity index (χ4v) is 3.91. The molecule has 0 unspecified atom stereocenters. The lowest BCUT2D eigenvalue weighted by atomic mass is 10.2. The molecule has 1 fully saturated rings. The molecule has 9 nitrogen and oxygen atoms in total. The maximum absolute atomic E-state index is 12.5. The maximum Gasteiger partial charge on any atom is 0.293 e. The zero-order valence-corrected chi connectivity index (χ0v) is 17.0. The van der Waals surface area contributed by atoms with E-state index >= 15 is 0 Å². The summed E-state index contributed by atoms with van der Waals surface area (Å²) in [6.45, 7) is -0.0993. The second-order valence-electron chi connectivity index (χ2n) is 6.66. The third-order valence-corrected chi connectivity index (χ3v) is 5.47. The van der Waals surface area contributed by atoms with Gasteiger partial charge in [-0.15, -0.1) is 0 Å². The number of carbonyl (C=O) groups is 3. The van der Waals surface area contributed by atoms with Gasteiger partial charge in [0.15, 0.2) is 0 Å². The zero-order chi connectivity index (χ0) is 21.8. The minimum Gasteiger partial charge on any atom is -0.353 e. The Morgan fingerprint density at radius 3 is 2.77 bits per heavy atom. The van der Waals surface area contributed by atoms with Crippen molar-refractivity contribution in [3.63, 3.8) is 0 Å². The van der Waals surface area contributed by atoms with Gasteiger partial charge in [-0.2, -0.15) is 0 Å². The van der Waals surface area contributed by atoms with Gasteiger partial charge in [-0.25, -0.2) is 4.98 Å². The standard InChI is InChI=1S/C21H17N5O4S/c27-18(12-25-13-24-16-6-2-1-5-15(16)19(25)28)23-8-9-26-20(29)17(31-21(26)30)10-14-4-3-7-22-11-14/h1-7,10-11,13H,8-9,12H2,(H,23,27)/b17-10-. The van der Waals surface area contributed by atoms with E-state index in [9.17, 15) is 19.2 Å². The van der Waals surface area contributed by atoms with Crippen LogP contribution in [0.2, 0.25) is 0 Å². The van der Waals surface area contributed by atoms with E-state index in [4.69, 9.17) is 0 Å². The smallest absolute Gasteiger partial charge is 0.293 e. The fraction of sp³-hybridized carbons (Fsp3) is 0.143. The van der Waals surface area contributed by atoms with Gasteiger partial charge in [0.2, 0.25) is 5.91 Å². The summed E-state index contributed by atoms with van der Waals surface area (Å²) in [6, 6.07) is 10.4. The lowest BCUT2D eigenvalue weighted by Crippen LogP contribution is -2.39. The Balaban J connectivity index is 1.34. The molecule has 0 atom stereocenters. The van der Waals surface area contributed by atoms with Crippen LogP contribution in [0.1, 0.15) is 5.56 Å². The van der Waals surface area contributed by atoms with Crippen molar-refractivity contribution in [1.82, 2.24) is 24.8 Å². The van der Waals surface area contributed by atoms with Crippen molar-refractivity contribution < 1.29 is 14.4 Å². The number of aromatic nitrogens is 3. The number of rotatable bonds is 6. The molecule has 10 heteroatoms. The lowest BCUT2D eigenvalue weighted by molar-refractivity contribution is -0.124. The van der Waals surface area contributed by atoms with Crippen LogP contribution in [0, 0.1) is 0 Å². The van der Waals surface area contributed by atoms with Gasteiger partial charge in [0.05, 0.1) is 22.1 Å². The number of hydrogen-bond acceptors (Lipinski definition) is 7. The summed E-state index contributed by atoms with van der Waals surface area (Å²) in [5, 5.41) is 2.66. The van der Waals surface area contributed by atoms with E-state index in [2.05, 4.69) is 15.3 Å². The predicted octanol–water partition coefficient (Wildman–Crippen LogP) is 1.64. The van der Waals surface area contributed by atoms with Gasteiger partial charge in [-0.1, -0.05) is 18.2 Å². The molecule has 1 N–H and O–H groups in total. The fourth-order valence-electron chi connectivity index (χ4n) is 3.04. The Bertz CT molecular complexity index is 1260. The number of amides is 3. The van der Waals surface area contributed by atoms with E-state index < -0.39 is 17.1 Å². The van der Waals surface area contributed by atoms with Crippen LogP contribution < -0.4 is 10.9 Å². The highest BCUT2D eigenvalue weighted by Crippen LogP contribution is 2.31. The van der Waals surface area contributed by atoms with Crippen molar-refractivity contribution in [1.29, 1.82) is 0 Å². The number of nitrogens with zero attached hydrogens (tertiary/aromatic N) is 4. The van der Waals surface area contributed by atoms with Crippen molar-refractivity contribution in [2.75, 3.05) is 13.1 Å². The predicted molar refractivity (Wildman–Crippen MR) is 116 cm³/mol. The van der Waals surface area contributed by atoms with E-state index in [1.54, 1.807) is 54.9 Å². The number of thioether (sulfide) groups is 1. The molecule has 0 aliphatic carbocycles. The summed E-state index contributed by atoms with van der Waals surface area (Å²) in [4.78, 5) is 58.9. The first-order valence-electron chi connectivity index (χ1n) is 9.39. The zero-order valence-electron chi connectivity index (χ0n) is 16.2. The number of pyridine rings is 1. The molecule has 0 radical (unpaired) electrons. The lowest BCUT2D eigenvalue weighted by Gasteiger charge is -2.13. The molecule has 4 rings (SSSR count). The number of carbonyl (C=O) groups excluding carboxylic acids is 3. The van der Waals surface area contributed by atoms with Gasteiger partial charge in [0, 0.05) is 25.5 Å². The summed E-state index contributed by atoms with van der Waals surface area (Å²) in [7, 11) is 0. The number of nitrogens with one attached hydrogen (secondary N) is 1. The van der Waals surface area contributed by atoms with E-state index in [1.165, 1.54) is 10.9 Å². The molecule has 1 saturated heterocycles. The Morgan fingerprint density at radius 1 is 1.13 bits per heavy atom. The molecule has 31 heavy (non-hydrogen) atoms. The highest BCUT2D eigenvalue weighted by Gasteiger charge is 2.34. The summed E-state index contributed by atoms with van der Waals surface area (Å²) in [6.07, 6.45) is 6.14. The van der Waals surface area contributed by atoms with Crippen LogP contribution in [0.3, 0.4) is 0 Å². The third-order valence-electron chi connectivity index (χ3n) is 4.56. The summed E-state index contributed by atoms with van der Waals surface area (Å²) >= 11 is 0.845. The molecular weight excluding hydrogens is 418 g/mol. The highest BCUT2D eigenvalue weighted by molar-refractivity contribution is 8.18. The summed E-state index contributed by atoms with van der Waals surface area (Å²) in [5.41, 5.74) is 0.964. The number of hydrogen-bond donors (Lipinski definition) is 1. The van der Waals surface area contributed by atoms with Crippen LogP contribution in [0.15, 0.2) is 64.8 Å². The van der Waals surface area contributed by atoms with Gasteiger partial charge in [-0.05, 0) is 41.6 Å². The Labute approximate surface area is 180 Å². The van der Waals surface area contributed by atoms with E-state index in [0.717, 1.165) is 22.2 Å². The molecule has 2 aromatic heterocycles. The Hall–Kier alpha value is -3.79. The molecule has 3 heterocycles. The molecule has 3 aromatic rings. The molecule has 0 spiro atoms. The van der Waals surface area contributed by atoms with E-state index in [-0.39, 0.29) is 25.2 Å². The van der Waals surface area contributed by atoms with Crippen LogP contribution in [0.5, 0.6) is 0 Å². The Morgan fingerprint density at radius 2 is 1.97 bits per heavy atom. The SMILES string of the molecule is O=C(Cn1cnc2ccccc2c1=O)NCCN1C(=O)S/C(=C\c2cccnc2)C1=O. The second kappa shape index (κ2) is 8.92. The monoisotopic (exact) mass is 435 g/mol. The average Bonchev–Trinajstić information content (AvgIpc) is 3.04. The molecule has 1 aliphatic rings. The topological polar surface area (TPSA) is 114 Å². The summed E-state index contributed by atoms with van der Waals surface area (Å²) in [5.74, 6) is -0.833. The first-order chi connectivity index (χ1) is 15.0. The molecule has 1 aromatic carbocycles.